The molecule has 0 atom stereocenters. The number of aromatic nitrogens is 3. The molecule has 0 aliphatic carbocycles. The van der Waals surface area contributed by atoms with E-state index >= 15 is 0 Å². The molecule has 1 aromatic carbocycles. The summed E-state index contributed by atoms with van der Waals surface area (Å²) in [6.07, 6.45) is 2.50. The van der Waals surface area contributed by atoms with Crippen LogP contribution < -0.4 is 5.32 Å². The minimum atomic E-state index is -0.322. The van der Waals surface area contributed by atoms with Crippen molar-refractivity contribution >= 4 is 34.8 Å². The molecule has 3 N–H and O–H groups in total. The van der Waals surface area contributed by atoms with E-state index in [-0.39, 0.29) is 11.6 Å². The number of carbonyl (C=O) groups excluding carboxylic acids is 1. The molecule has 3 rings (SSSR count). The summed E-state index contributed by atoms with van der Waals surface area (Å²) < 4.78 is 5.30. The highest BCUT2D eigenvalue weighted by Gasteiger charge is 2.09. The number of imidazole rings is 1. The molecule has 0 radical (unpaired) electrons. The van der Waals surface area contributed by atoms with Gasteiger partial charge in [-0.2, -0.15) is 0 Å². The maximum atomic E-state index is 11.7. The van der Waals surface area contributed by atoms with E-state index in [0.717, 1.165) is 11.0 Å². The van der Waals surface area contributed by atoms with E-state index in [1.807, 2.05) is 6.07 Å². The van der Waals surface area contributed by atoms with Crippen LogP contribution in [0.5, 0.6) is 0 Å². The molecule has 0 aliphatic heterocycles. The number of aromatic amines is 2. The van der Waals surface area contributed by atoms with Gasteiger partial charge in [-0.3, -0.25) is 4.79 Å². The summed E-state index contributed by atoms with van der Waals surface area (Å²) in [6, 6.07) is 5.40. The molecule has 7 heteroatoms. The van der Waals surface area contributed by atoms with E-state index in [9.17, 15) is 4.79 Å². The van der Waals surface area contributed by atoms with Crippen LogP contribution in [0.2, 0.25) is 0 Å². The van der Waals surface area contributed by atoms with E-state index in [2.05, 4.69) is 20.3 Å². The van der Waals surface area contributed by atoms with Crippen molar-refractivity contribution in [2.75, 3.05) is 5.32 Å². The normalized spacial score (nSPS) is 10.7. The van der Waals surface area contributed by atoms with Gasteiger partial charge in [-0.05, 0) is 30.4 Å². The van der Waals surface area contributed by atoms with Gasteiger partial charge in [0.25, 0.3) is 5.91 Å². The van der Waals surface area contributed by atoms with Gasteiger partial charge >= 0.3 is 0 Å². The molecule has 0 fully saturated rings. The lowest BCUT2D eigenvalue weighted by Gasteiger charge is -2.02. The van der Waals surface area contributed by atoms with Gasteiger partial charge in [0.05, 0.1) is 11.0 Å². The number of amides is 1. The van der Waals surface area contributed by atoms with Crippen LogP contribution in [0.25, 0.3) is 11.0 Å². The van der Waals surface area contributed by atoms with Crippen molar-refractivity contribution in [1.82, 2.24) is 15.0 Å². The molecule has 0 bridgehead atoms. The third-order valence-corrected chi connectivity index (χ3v) is 2.64. The molecule has 1 amide bonds. The maximum Gasteiger partial charge on any atom is 0.277 e. The first-order chi connectivity index (χ1) is 8.72. The quantitative estimate of drug-likeness (QED) is 0.618. The van der Waals surface area contributed by atoms with Crippen LogP contribution in [-0.2, 0) is 0 Å². The summed E-state index contributed by atoms with van der Waals surface area (Å²) in [4.78, 5) is 21.5. The smallest absolute Gasteiger partial charge is 0.277 e. The van der Waals surface area contributed by atoms with Crippen LogP contribution in [0.3, 0.4) is 0 Å². The SMILES string of the molecule is O=C(Nc1ccc2[nH]c(=S)[nH]c2c1)c1cocn1. The van der Waals surface area contributed by atoms with E-state index in [4.69, 9.17) is 16.6 Å². The van der Waals surface area contributed by atoms with Crippen LogP contribution in [-0.4, -0.2) is 20.9 Å². The van der Waals surface area contributed by atoms with Gasteiger partial charge in [-0.15, -0.1) is 0 Å². The minimum absolute atomic E-state index is 0.233. The zero-order chi connectivity index (χ0) is 12.5. The molecule has 0 unspecified atom stereocenters. The molecule has 6 nitrogen and oxygen atoms in total. The average molecular weight is 260 g/mol. The zero-order valence-electron chi connectivity index (χ0n) is 9.06. The number of hydrogen-bond acceptors (Lipinski definition) is 4. The predicted octanol–water partition coefficient (Wildman–Crippen LogP) is 2.47. The third kappa shape index (κ3) is 1.91. The summed E-state index contributed by atoms with van der Waals surface area (Å²) in [6.45, 7) is 0. The molecule has 90 valence electrons. The molecule has 0 saturated carbocycles. The van der Waals surface area contributed by atoms with Gasteiger partial charge in [-0.1, -0.05) is 0 Å². The van der Waals surface area contributed by atoms with Crippen molar-refractivity contribution in [3.05, 3.63) is 41.3 Å². The number of rotatable bonds is 2. The van der Waals surface area contributed by atoms with Gasteiger partial charge in [0.2, 0.25) is 0 Å². The zero-order valence-corrected chi connectivity index (χ0v) is 9.88. The Hall–Kier alpha value is -2.41. The summed E-state index contributed by atoms with van der Waals surface area (Å²) in [5, 5.41) is 2.72. The first-order valence-corrected chi connectivity index (χ1v) is 5.55. The Morgan fingerprint density at radius 2 is 2.17 bits per heavy atom. The molecule has 0 aliphatic rings. The number of carbonyl (C=O) groups is 1. The van der Waals surface area contributed by atoms with Gasteiger partial charge in [0.1, 0.15) is 6.26 Å². The fourth-order valence-electron chi connectivity index (χ4n) is 1.63. The Balaban J connectivity index is 1.91. The molecule has 2 heterocycles. The summed E-state index contributed by atoms with van der Waals surface area (Å²) >= 11 is 4.99. The molecule has 3 aromatic rings. The minimum Gasteiger partial charge on any atom is -0.451 e. The van der Waals surface area contributed by atoms with Gasteiger partial charge in [0.15, 0.2) is 16.9 Å². The predicted molar refractivity (Wildman–Crippen MR) is 67.9 cm³/mol. The van der Waals surface area contributed by atoms with E-state index in [0.29, 0.717) is 10.5 Å². The van der Waals surface area contributed by atoms with E-state index in [1.165, 1.54) is 12.7 Å². The standard InChI is InChI=1S/C11H8N4O2S/c16-10(9-4-17-5-12-9)13-6-1-2-7-8(3-6)15-11(18)14-7/h1-5H,(H,13,16)(H2,14,15,18). The second kappa shape index (κ2) is 4.11. The first kappa shape index (κ1) is 10.7. The van der Waals surface area contributed by atoms with Crippen molar-refractivity contribution in [2.45, 2.75) is 0 Å². The van der Waals surface area contributed by atoms with Crippen LogP contribution in [0.4, 0.5) is 5.69 Å². The van der Waals surface area contributed by atoms with Crippen LogP contribution in [0.15, 0.2) is 35.3 Å². The topological polar surface area (TPSA) is 86.7 Å². The molecule has 2 aromatic heterocycles. The van der Waals surface area contributed by atoms with E-state index < -0.39 is 0 Å². The van der Waals surface area contributed by atoms with E-state index in [1.54, 1.807) is 12.1 Å². The van der Waals surface area contributed by atoms with Crippen molar-refractivity contribution in [3.8, 4) is 0 Å². The Labute approximate surface area is 106 Å². The van der Waals surface area contributed by atoms with Gasteiger partial charge in [0, 0.05) is 5.69 Å². The summed E-state index contributed by atoms with van der Waals surface area (Å²) in [5.41, 5.74) is 2.61. The third-order valence-electron chi connectivity index (χ3n) is 2.44. The van der Waals surface area contributed by atoms with Crippen LogP contribution in [0.1, 0.15) is 10.5 Å². The number of nitrogens with one attached hydrogen (secondary N) is 3. The summed E-state index contributed by atoms with van der Waals surface area (Å²) in [5.74, 6) is -0.322. The highest BCUT2D eigenvalue weighted by atomic mass is 32.1. The number of fused-ring (bicyclic) bond motifs is 1. The fourth-order valence-corrected chi connectivity index (χ4v) is 1.85. The molecular formula is C11H8N4O2S. The number of H-pyrrole nitrogens is 2. The second-order valence-electron chi connectivity index (χ2n) is 3.67. The van der Waals surface area contributed by atoms with Crippen molar-refractivity contribution in [1.29, 1.82) is 0 Å². The lowest BCUT2D eigenvalue weighted by atomic mass is 10.2. The number of oxazole rings is 1. The first-order valence-electron chi connectivity index (χ1n) is 5.14. The average Bonchev–Trinajstić information content (AvgIpc) is 2.95. The second-order valence-corrected chi connectivity index (χ2v) is 4.08. The maximum absolute atomic E-state index is 11.7. The molecular weight excluding hydrogens is 252 g/mol. The van der Waals surface area contributed by atoms with Crippen molar-refractivity contribution in [3.63, 3.8) is 0 Å². The Morgan fingerprint density at radius 1 is 1.33 bits per heavy atom. The highest BCUT2D eigenvalue weighted by molar-refractivity contribution is 7.71. The largest absolute Gasteiger partial charge is 0.451 e. The molecule has 0 saturated heterocycles. The highest BCUT2D eigenvalue weighted by Crippen LogP contribution is 2.16. The van der Waals surface area contributed by atoms with Crippen molar-refractivity contribution in [2.24, 2.45) is 0 Å². The number of nitrogens with zero attached hydrogens (tertiary/aromatic N) is 1. The lowest BCUT2D eigenvalue weighted by Crippen LogP contribution is -2.11. The molecule has 18 heavy (non-hydrogen) atoms. The number of hydrogen-bond donors (Lipinski definition) is 3. The Morgan fingerprint density at radius 3 is 2.94 bits per heavy atom. The number of anilines is 1. The monoisotopic (exact) mass is 260 g/mol. The lowest BCUT2D eigenvalue weighted by molar-refractivity contribution is 0.102. The van der Waals surface area contributed by atoms with Gasteiger partial charge < -0.3 is 19.7 Å². The number of benzene rings is 1. The van der Waals surface area contributed by atoms with Crippen molar-refractivity contribution < 1.29 is 9.21 Å². The Kier molecular flexibility index (Phi) is 2.45. The summed E-state index contributed by atoms with van der Waals surface area (Å²) in [7, 11) is 0. The van der Waals surface area contributed by atoms with Gasteiger partial charge in [-0.25, -0.2) is 4.98 Å². The van der Waals surface area contributed by atoms with Crippen LogP contribution >= 0.6 is 12.2 Å². The van der Waals surface area contributed by atoms with Crippen LogP contribution in [0, 0.1) is 4.77 Å². The molecule has 0 spiro atoms. The fraction of sp³-hybridized carbons (Fsp3) is 0. The Bertz CT molecular complexity index is 757.